The first-order chi connectivity index (χ1) is 9.47. The van der Waals surface area contributed by atoms with Gasteiger partial charge in [-0.15, -0.1) is 0 Å². The SMILES string of the molecule is Clc1cc(Br)c2ncnn2c1.Nc1ncc(Cl)cc1Br. The Labute approximate surface area is 141 Å². The molecule has 104 valence electrons. The summed E-state index contributed by atoms with van der Waals surface area (Å²) in [6.45, 7) is 0. The van der Waals surface area contributed by atoms with Crippen LogP contribution in [0.2, 0.25) is 10.0 Å². The number of hydrogen-bond donors (Lipinski definition) is 1. The molecule has 5 nitrogen and oxygen atoms in total. The van der Waals surface area contributed by atoms with E-state index >= 15 is 0 Å². The summed E-state index contributed by atoms with van der Waals surface area (Å²) in [6.07, 6.45) is 4.69. The smallest absolute Gasteiger partial charge is 0.169 e. The third kappa shape index (κ3) is 3.82. The molecule has 0 aromatic carbocycles. The van der Waals surface area contributed by atoms with Crippen molar-refractivity contribution in [2.24, 2.45) is 0 Å². The highest BCUT2D eigenvalue weighted by molar-refractivity contribution is 9.11. The summed E-state index contributed by atoms with van der Waals surface area (Å²) in [5, 5.41) is 5.15. The van der Waals surface area contributed by atoms with Crippen LogP contribution in [0, 0.1) is 0 Å². The van der Waals surface area contributed by atoms with Crippen molar-refractivity contribution in [2.45, 2.75) is 0 Å². The van der Waals surface area contributed by atoms with E-state index in [9.17, 15) is 0 Å². The van der Waals surface area contributed by atoms with Crippen molar-refractivity contribution >= 4 is 66.5 Å². The standard InChI is InChI=1S/C6H3BrClN3.C5H4BrClN2/c7-5-1-4(8)2-11-6(5)9-3-10-11;6-4-1-3(7)2-9-5(4)8/h1-3H;1-2H,(H2,8,9). The number of rotatable bonds is 0. The Morgan fingerprint density at radius 2 is 1.75 bits per heavy atom. The summed E-state index contributed by atoms with van der Waals surface area (Å²) < 4.78 is 3.20. The topological polar surface area (TPSA) is 69.1 Å². The maximum absolute atomic E-state index is 5.76. The number of hydrogen-bond acceptors (Lipinski definition) is 4. The van der Waals surface area contributed by atoms with Gasteiger partial charge in [0.1, 0.15) is 12.1 Å². The van der Waals surface area contributed by atoms with E-state index in [1.165, 1.54) is 12.5 Å². The number of nitrogens with zero attached hydrogens (tertiary/aromatic N) is 4. The Balaban J connectivity index is 0.000000151. The van der Waals surface area contributed by atoms with Crippen molar-refractivity contribution in [1.29, 1.82) is 0 Å². The van der Waals surface area contributed by atoms with Gasteiger partial charge in [-0.05, 0) is 44.0 Å². The Bertz CT molecular complexity index is 747. The van der Waals surface area contributed by atoms with Crippen LogP contribution < -0.4 is 5.73 Å². The van der Waals surface area contributed by atoms with E-state index in [1.807, 2.05) is 0 Å². The second-order valence-electron chi connectivity index (χ2n) is 3.56. The Hall–Kier alpha value is -0.890. The minimum atomic E-state index is 0.458. The molecular formula is C11H7Br2Cl2N5. The minimum absolute atomic E-state index is 0.458. The first kappa shape index (κ1) is 15.5. The van der Waals surface area contributed by atoms with Gasteiger partial charge in [-0.3, -0.25) is 0 Å². The number of nitrogens with two attached hydrogens (primary N) is 1. The van der Waals surface area contributed by atoms with Crippen LogP contribution in [-0.4, -0.2) is 19.6 Å². The number of pyridine rings is 2. The van der Waals surface area contributed by atoms with Gasteiger partial charge in [-0.2, -0.15) is 5.10 Å². The van der Waals surface area contributed by atoms with Gasteiger partial charge in [-0.25, -0.2) is 14.5 Å². The van der Waals surface area contributed by atoms with Gasteiger partial charge in [0.25, 0.3) is 0 Å². The van der Waals surface area contributed by atoms with E-state index in [4.69, 9.17) is 28.9 Å². The van der Waals surface area contributed by atoms with E-state index < -0.39 is 0 Å². The molecule has 0 aliphatic heterocycles. The summed E-state index contributed by atoms with van der Waals surface area (Å²) in [5.74, 6) is 0.458. The van der Waals surface area contributed by atoms with Gasteiger partial charge in [-0.1, -0.05) is 23.2 Å². The molecule has 3 aromatic rings. The van der Waals surface area contributed by atoms with E-state index in [-0.39, 0.29) is 0 Å². The molecule has 0 radical (unpaired) electrons. The summed E-state index contributed by atoms with van der Waals surface area (Å²) in [4.78, 5) is 7.78. The molecule has 0 aliphatic rings. The van der Waals surface area contributed by atoms with Gasteiger partial charge < -0.3 is 5.73 Å². The van der Waals surface area contributed by atoms with Crippen LogP contribution in [0.15, 0.2) is 39.8 Å². The molecule has 2 N–H and O–H groups in total. The number of anilines is 1. The molecule has 3 rings (SSSR count). The zero-order valence-electron chi connectivity index (χ0n) is 9.76. The van der Waals surface area contributed by atoms with Gasteiger partial charge in [0.05, 0.1) is 19.0 Å². The minimum Gasteiger partial charge on any atom is -0.383 e. The molecule has 0 saturated heterocycles. The molecule has 0 atom stereocenters. The molecule has 0 bridgehead atoms. The van der Waals surface area contributed by atoms with Crippen LogP contribution in [0.5, 0.6) is 0 Å². The zero-order chi connectivity index (χ0) is 14.7. The van der Waals surface area contributed by atoms with Crippen LogP contribution in [-0.2, 0) is 0 Å². The molecule has 0 saturated carbocycles. The molecule has 3 heterocycles. The lowest BCUT2D eigenvalue weighted by Gasteiger charge is -1.94. The maximum atomic E-state index is 5.76. The van der Waals surface area contributed by atoms with Crippen LogP contribution in [0.3, 0.4) is 0 Å². The average molecular weight is 440 g/mol. The molecule has 9 heteroatoms. The van der Waals surface area contributed by atoms with Gasteiger partial charge in [0.2, 0.25) is 0 Å². The monoisotopic (exact) mass is 437 g/mol. The van der Waals surface area contributed by atoms with Crippen molar-refractivity contribution in [3.63, 3.8) is 0 Å². The van der Waals surface area contributed by atoms with E-state index in [0.717, 1.165) is 14.6 Å². The lowest BCUT2D eigenvalue weighted by atomic mass is 10.5. The van der Waals surface area contributed by atoms with Gasteiger partial charge in [0, 0.05) is 12.4 Å². The summed E-state index contributed by atoms with van der Waals surface area (Å²) >= 11 is 17.8. The second kappa shape index (κ2) is 6.71. The first-order valence-electron chi connectivity index (χ1n) is 5.18. The van der Waals surface area contributed by atoms with E-state index in [2.05, 4.69) is 46.9 Å². The van der Waals surface area contributed by atoms with Crippen molar-refractivity contribution in [3.05, 3.63) is 49.8 Å². The summed E-state index contributed by atoms with van der Waals surface area (Å²) in [5.41, 5.74) is 6.14. The van der Waals surface area contributed by atoms with Crippen LogP contribution in [0.4, 0.5) is 5.82 Å². The van der Waals surface area contributed by atoms with Crippen LogP contribution in [0.1, 0.15) is 0 Å². The van der Waals surface area contributed by atoms with Crippen molar-refractivity contribution < 1.29 is 0 Å². The highest BCUT2D eigenvalue weighted by Gasteiger charge is 2.01. The number of nitrogen functional groups attached to an aromatic ring is 1. The molecular weight excluding hydrogens is 433 g/mol. The predicted octanol–water partition coefficient (Wildman–Crippen LogP) is 4.22. The zero-order valence-corrected chi connectivity index (χ0v) is 14.4. The third-order valence-corrected chi connectivity index (χ3v) is 3.77. The lowest BCUT2D eigenvalue weighted by Crippen LogP contribution is -1.89. The van der Waals surface area contributed by atoms with E-state index in [1.54, 1.807) is 22.8 Å². The van der Waals surface area contributed by atoms with Crippen LogP contribution in [0.25, 0.3) is 5.65 Å². The molecule has 0 amide bonds. The molecule has 3 aromatic heterocycles. The fraction of sp³-hybridized carbons (Fsp3) is 0. The van der Waals surface area contributed by atoms with Crippen molar-refractivity contribution in [1.82, 2.24) is 19.6 Å². The highest BCUT2D eigenvalue weighted by Crippen LogP contribution is 2.20. The Kier molecular flexibility index (Phi) is 5.20. The third-order valence-electron chi connectivity index (χ3n) is 2.13. The van der Waals surface area contributed by atoms with Gasteiger partial charge in [0.15, 0.2) is 5.65 Å². The lowest BCUT2D eigenvalue weighted by molar-refractivity contribution is 0.959. The Morgan fingerprint density at radius 1 is 1.05 bits per heavy atom. The van der Waals surface area contributed by atoms with Crippen LogP contribution >= 0.6 is 55.1 Å². The van der Waals surface area contributed by atoms with Crippen molar-refractivity contribution in [3.8, 4) is 0 Å². The number of aromatic nitrogens is 4. The molecule has 20 heavy (non-hydrogen) atoms. The second-order valence-corrected chi connectivity index (χ2v) is 6.14. The largest absolute Gasteiger partial charge is 0.383 e. The fourth-order valence-electron chi connectivity index (χ4n) is 1.28. The normalized spacial score (nSPS) is 10.2. The summed E-state index contributed by atoms with van der Waals surface area (Å²) in [7, 11) is 0. The highest BCUT2D eigenvalue weighted by atomic mass is 79.9. The Morgan fingerprint density at radius 3 is 2.40 bits per heavy atom. The van der Waals surface area contributed by atoms with E-state index in [0.29, 0.717) is 15.9 Å². The average Bonchev–Trinajstić information content (AvgIpc) is 2.83. The quantitative estimate of drug-likeness (QED) is 0.569. The molecule has 0 spiro atoms. The molecule has 0 fully saturated rings. The fourth-order valence-corrected chi connectivity index (χ4v) is 2.78. The molecule has 0 aliphatic carbocycles. The predicted molar refractivity (Wildman–Crippen MR) is 87.1 cm³/mol. The van der Waals surface area contributed by atoms with Crippen molar-refractivity contribution in [2.75, 3.05) is 5.73 Å². The summed E-state index contributed by atoms with van der Waals surface area (Å²) in [6, 6.07) is 3.48. The first-order valence-corrected chi connectivity index (χ1v) is 7.52. The number of fused-ring (bicyclic) bond motifs is 1. The maximum Gasteiger partial charge on any atom is 0.169 e. The molecule has 0 unspecified atom stereocenters. The number of halogens is 4. The van der Waals surface area contributed by atoms with Gasteiger partial charge >= 0.3 is 0 Å².